The third kappa shape index (κ3) is 3.69. The number of nitrogens with one attached hydrogen (secondary N) is 1. The average Bonchev–Trinajstić information content (AvgIpc) is 2.60. The first kappa shape index (κ1) is 15.1. The summed E-state index contributed by atoms with van der Waals surface area (Å²) in [6.07, 6.45) is -0.535. The van der Waals surface area contributed by atoms with Gasteiger partial charge in [0.25, 0.3) is 5.91 Å². The molecule has 0 aliphatic rings. The molecule has 1 N–H and O–H groups in total. The van der Waals surface area contributed by atoms with Crippen molar-refractivity contribution >= 4 is 16.7 Å². The van der Waals surface area contributed by atoms with Crippen LogP contribution in [-0.4, -0.2) is 12.0 Å². The molecule has 3 aromatic carbocycles. The molecule has 0 saturated carbocycles. The van der Waals surface area contributed by atoms with Crippen molar-refractivity contribution in [1.82, 2.24) is 5.32 Å². The molecule has 116 valence electrons. The molecule has 0 aromatic heterocycles. The van der Waals surface area contributed by atoms with Crippen molar-refractivity contribution in [2.75, 3.05) is 0 Å². The first-order valence-corrected chi connectivity index (χ1v) is 7.70. The zero-order chi connectivity index (χ0) is 16.1. The summed E-state index contributed by atoms with van der Waals surface area (Å²) >= 11 is 0. The largest absolute Gasteiger partial charge is 0.481 e. The Balaban J connectivity index is 1.64. The lowest BCUT2D eigenvalue weighted by molar-refractivity contribution is -0.127. The van der Waals surface area contributed by atoms with Crippen molar-refractivity contribution in [2.45, 2.75) is 19.6 Å². The summed E-state index contributed by atoms with van der Waals surface area (Å²) in [4.78, 5) is 12.2. The molecular weight excluding hydrogens is 286 g/mol. The van der Waals surface area contributed by atoms with Gasteiger partial charge in [0.1, 0.15) is 5.75 Å². The molecule has 0 aliphatic carbocycles. The zero-order valence-electron chi connectivity index (χ0n) is 13.0. The van der Waals surface area contributed by atoms with E-state index in [4.69, 9.17) is 4.74 Å². The highest BCUT2D eigenvalue weighted by molar-refractivity contribution is 5.86. The van der Waals surface area contributed by atoms with Crippen LogP contribution in [0.4, 0.5) is 0 Å². The molecule has 0 heterocycles. The van der Waals surface area contributed by atoms with Crippen LogP contribution in [0.3, 0.4) is 0 Å². The number of benzene rings is 3. The summed E-state index contributed by atoms with van der Waals surface area (Å²) in [5.41, 5.74) is 1.10. The Morgan fingerprint density at radius 1 is 0.957 bits per heavy atom. The minimum atomic E-state index is -0.535. The smallest absolute Gasteiger partial charge is 0.261 e. The molecule has 1 unspecified atom stereocenters. The van der Waals surface area contributed by atoms with Crippen LogP contribution in [0.25, 0.3) is 10.8 Å². The van der Waals surface area contributed by atoms with Gasteiger partial charge in [0.2, 0.25) is 0 Å². The lowest BCUT2D eigenvalue weighted by atomic mass is 10.0. The first-order valence-electron chi connectivity index (χ1n) is 7.70. The number of hydrogen-bond acceptors (Lipinski definition) is 2. The van der Waals surface area contributed by atoms with Crippen LogP contribution in [0, 0.1) is 0 Å². The van der Waals surface area contributed by atoms with Crippen LogP contribution in [0.15, 0.2) is 72.8 Å². The summed E-state index contributed by atoms with van der Waals surface area (Å²) < 4.78 is 5.64. The molecule has 0 spiro atoms. The molecule has 0 aliphatic heterocycles. The molecular formula is C20H19NO2. The van der Waals surface area contributed by atoms with E-state index in [1.54, 1.807) is 6.92 Å². The quantitative estimate of drug-likeness (QED) is 0.776. The standard InChI is InChI=1S/C20H19NO2/c1-15(23-18-11-3-2-4-12-18)20(22)21-14-17-10-7-9-16-8-5-6-13-19(16)17/h2-13,15H,14H2,1H3,(H,21,22). The van der Waals surface area contributed by atoms with Gasteiger partial charge in [-0.3, -0.25) is 4.79 Å². The van der Waals surface area contributed by atoms with Gasteiger partial charge in [0.05, 0.1) is 0 Å². The van der Waals surface area contributed by atoms with Gasteiger partial charge in [-0.25, -0.2) is 0 Å². The van der Waals surface area contributed by atoms with Crippen LogP contribution >= 0.6 is 0 Å². The molecule has 3 nitrogen and oxygen atoms in total. The predicted molar refractivity (Wildman–Crippen MR) is 92.3 cm³/mol. The molecule has 0 fully saturated rings. The number of rotatable bonds is 5. The SMILES string of the molecule is CC(Oc1ccccc1)C(=O)NCc1cccc2ccccc12. The van der Waals surface area contributed by atoms with Crippen molar-refractivity contribution in [3.63, 3.8) is 0 Å². The first-order chi connectivity index (χ1) is 11.2. The van der Waals surface area contributed by atoms with E-state index >= 15 is 0 Å². The minimum Gasteiger partial charge on any atom is -0.481 e. The fourth-order valence-electron chi connectivity index (χ4n) is 2.53. The van der Waals surface area contributed by atoms with Gasteiger partial charge in [0.15, 0.2) is 6.10 Å². The average molecular weight is 305 g/mol. The van der Waals surface area contributed by atoms with Crippen LogP contribution in [0.5, 0.6) is 5.75 Å². The van der Waals surface area contributed by atoms with Gasteiger partial charge in [-0.05, 0) is 35.4 Å². The molecule has 0 radical (unpaired) electrons. The Morgan fingerprint density at radius 3 is 2.48 bits per heavy atom. The summed E-state index contributed by atoms with van der Waals surface area (Å²) in [5, 5.41) is 5.28. The van der Waals surface area contributed by atoms with E-state index in [9.17, 15) is 4.79 Å². The maximum atomic E-state index is 12.2. The van der Waals surface area contributed by atoms with Crippen LogP contribution in [0.1, 0.15) is 12.5 Å². The molecule has 3 rings (SSSR count). The number of carbonyl (C=O) groups is 1. The Bertz CT molecular complexity index is 794. The maximum Gasteiger partial charge on any atom is 0.261 e. The van der Waals surface area contributed by atoms with Crippen molar-refractivity contribution in [3.05, 3.63) is 78.4 Å². The van der Waals surface area contributed by atoms with E-state index in [1.165, 1.54) is 5.39 Å². The highest BCUT2D eigenvalue weighted by Crippen LogP contribution is 2.18. The molecule has 3 aromatic rings. The van der Waals surface area contributed by atoms with Gasteiger partial charge < -0.3 is 10.1 Å². The third-order valence-electron chi connectivity index (χ3n) is 3.76. The van der Waals surface area contributed by atoms with Gasteiger partial charge in [-0.2, -0.15) is 0 Å². The topological polar surface area (TPSA) is 38.3 Å². The fraction of sp³-hybridized carbons (Fsp3) is 0.150. The number of ether oxygens (including phenoxy) is 1. The van der Waals surface area contributed by atoms with Crippen LogP contribution < -0.4 is 10.1 Å². The molecule has 23 heavy (non-hydrogen) atoms. The summed E-state index contributed by atoms with van der Waals surface area (Å²) in [5.74, 6) is 0.571. The van der Waals surface area contributed by atoms with Crippen molar-refractivity contribution < 1.29 is 9.53 Å². The number of para-hydroxylation sites is 1. The van der Waals surface area contributed by atoms with Crippen molar-refractivity contribution in [2.24, 2.45) is 0 Å². The monoisotopic (exact) mass is 305 g/mol. The van der Waals surface area contributed by atoms with E-state index < -0.39 is 6.10 Å². The van der Waals surface area contributed by atoms with E-state index in [1.807, 2.05) is 54.6 Å². The van der Waals surface area contributed by atoms with Gasteiger partial charge in [-0.1, -0.05) is 60.7 Å². The van der Waals surface area contributed by atoms with E-state index in [-0.39, 0.29) is 5.91 Å². The molecule has 0 bridgehead atoms. The second kappa shape index (κ2) is 6.97. The third-order valence-corrected chi connectivity index (χ3v) is 3.76. The summed E-state index contributed by atoms with van der Waals surface area (Å²) in [7, 11) is 0. The Morgan fingerprint density at radius 2 is 1.65 bits per heavy atom. The molecule has 0 saturated heterocycles. The Hall–Kier alpha value is -2.81. The number of amides is 1. The van der Waals surface area contributed by atoms with E-state index in [2.05, 4.69) is 23.5 Å². The number of hydrogen-bond donors (Lipinski definition) is 1. The minimum absolute atomic E-state index is 0.123. The van der Waals surface area contributed by atoms with Crippen LogP contribution in [-0.2, 0) is 11.3 Å². The van der Waals surface area contributed by atoms with E-state index in [0.29, 0.717) is 12.3 Å². The fourth-order valence-corrected chi connectivity index (χ4v) is 2.53. The highest BCUT2D eigenvalue weighted by Gasteiger charge is 2.14. The van der Waals surface area contributed by atoms with Crippen molar-refractivity contribution in [1.29, 1.82) is 0 Å². The molecule has 3 heteroatoms. The second-order valence-electron chi connectivity index (χ2n) is 5.43. The van der Waals surface area contributed by atoms with E-state index in [0.717, 1.165) is 10.9 Å². The van der Waals surface area contributed by atoms with Gasteiger partial charge >= 0.3 is 0 Å². The second-order valence-corrected chi connectivity index (χ2v) is 5.43. The maximum absolute atomic E-state index is 12.2. The molecule has 1 atom stereocenters. The zero-order valence-corrected chi connectivity index (χ0v) is 13.0. The summed E-state index contributed by atoms with van der Waals surface area (Å²) in [6.45, 7) is 2.24. The lowest BCUT2D eigenvalue weighted by Gasteiger charge is -2.15. The van der Waals surface area contributed by atoms with Gasteiger partial charge in [-0.15, -0.1) is 0 Å². The summed E-state index contributed by atoms with van der Waals surface area (Å²) in [6, 6.07) is 23.6. The number of fused-ring (bicyclic) bond motifs is 1. The van der Waals surface area contributed by atoms with Crippen LogP contribution in [0.2, 0.25) is 0 Å². The van der Waals surface area contributed by atoms with Crippen molar-refractivity contribution in [3.8, 4) is 5.75 Å². The predicted octanol–water partition coefficient (Wildman–Crippen LogP) is 3.92. The number of carbonyl (C=O) groups excluding carboxylic acids is 1. The molecule has 1 amide bonds. The van der Waals surface area contributed by atoms with Gasteiger partial charge in [0, 0.05) is 6.54 Å². The normalized spacial score (nSPS) is 11.9. The highest BCUT2D eigenvalue weighted by atomic mass is 16.5. The Kier molecular flexibility index (Phi) is 4.57. The Labute approximate surface area is 135 Å². The lowest BCUT2D eigenvalue weighted by Crippen LogP contribution is -2.35.